The fourth-order valence-corrected chi connectivity index (χ4v) is 3.02. The number of rotatable bonds is 3. The molecular formula is C18H16N4O2. The maximum atomic E-state index is 12.5. The highest BCUT2D eigenvalue weighted by Crippen LogP contribution is 2.23. The molecule has 120 valence electrons. The summed E-state index contributed by atoms with van der Waals surface area (Å²) in [5, 5.41) is 3.01. The molecule has 0 unspecified atom stereocenters. The van der Waals surface area contributed by atoms with E-state index in [1.54, 1.807) is 12.1 Å². The lowest BCUT2D eigenvalue weighted by Crippen LogP contribution is -2.35. The minimum atomic E-state index is -0.253. The van der Waals surface area contributed by atoms with Gasteiger partial charge in [-0.25, -0.2) is 9.97 Å². The van der Waals surface area contributed by atoms with Crippen molar-refractivity contribution in [2.75, 3.05) is 5.73 Å². The van der Waals surface area contributed by atoms with Gasteiger partial charge in [-0.15, -0.1) is 0 Å². The van der Waals surface area contributed by atoms with Crippen molar-refractivity contribution in [3.05, 3.63) is 65.5 Å². The van der Waals surface area contributed by atoms with Crippen LogP contribution in [0.1, 0.15) is 21.5 Å². The highest BCUT2D eigenvalue weighted by atomic mass is 16.3. The first-order valence-electron chi connectivity index (χ1n) is 7.75. The Morgan fingerprint density at radius 1 is 1.17 bits per heavy atom. The van der Waals surface area contributed by atoms with Gasteiger partial charge in [0.1, 0.15) is 5.82 Å². The van der Waals surface area contributed by atoms with Crippen molar-refractivity contribution in [2.45, 2.75) is 18.9 Å². The smallest absolute Gasteiger partial charge is 0.256 e. The number of carbonyl (C=O) groups is 1. The Labute approximate surface area is 138 Å². The van der Waals surface area contributed by atoms with Crippen LogP contribution < -0.4 is 11.1 Å². The second kappa shape index (κ2) is 5.81. The van der Waals surface area contributed by atoms with Crippen LogP contribution in [0.15, 0.2) is 53.3 Å². The van der Waals surface area contributed by atoms with Gasteiger partial charge in [-0.3, -0.25) is 4.79 Å². The van der Waals surface area contributed by atoms with E-state index in [1.165, 1.54) is 23.6 Å². The number of aromatic nitrogens is 2. The molecule has 1 aromatic carbocycles. The number of anilines is 1. The lowest BCUT2D eigenvalue weighted by Gasteiger charge is -2.13. The van der Waals surface area contributed by atoms with Gasteiger partial charge >= 0.3 is 0 Å². The van der Waals surface area contributed by atoms with E-state index in [2.05, 4.69) is 27.4 Å². The number of furan rings is 1. The molecule has 6 nitrogen and oxygen atoms in total. The third-order valence-corrected chi connectivity index (χ3v) is 4.19. The molecule has 0 fully saturated rings. The molecule has 0 atom stereocenters. The first kappa shape index (κ1) is 14.4. The lowest BCUT2D eigenvalue weighted by molar-refractivity contribution is 0.0939. The molecule has 1 aliphatic carbocycles. The Morgan fingerprint density at radius 3 is 2.54 bits per heavy atom. The van der Waals surface area contributed by atoms with Crippen molar-refractivity contribution in [1.29, 1.82) is 0 Å². The highest BCUT2D eigenvalue weighted by molar-refractivity contribution is 5.98. The second-order valence-corrected chi connectivity index (χ2v) is 5.82. The number of nitrogens with zero attached hydrogens (tertiary/aromatic N) is 2. The SMILES string of the molecule is Nc1nc(-c2ccco2)ncc1C(=O)NC1Cc2ccccc2C1. The number of carbonyl (C=O) groups excluding carboxylic acids is 1. The molecule has 0 bridgehead atoms. The van der Waals surface area contributed by atoms with Crippen LogP contribution in [0.25, 0.3) is 11.6 Å². The first-order chi connectivity index (χ1) is 11.7. The van der Waals surface area contributed by atoms with E-state index in [-0.39, 0.29) is 23.3 Å². The fraction of sp³-hybridized carbons (Fsp3) is 0.167. The number of fused-ring (bicyclic) bond motifs is 1. The predicted octanol–water partition coefficient (Wildman–Crippen LogP) is 2.22. The predicted molar refractivity (Wildman–Crippen MR) is 89.3 cm³/mol. The van der Waals surface area contributed by atoms with Gasteiger partial charge in [0, 0.05) is 12.2 Å². The molecule has 0 saturated heterocycles. The zero-order chi connectivity index (χ0) is 16.5. The maximum absolute atomic E-state index is 12.5. The van der Waals surface area contributed by atoms with Crippen molar-refractivity contribution in [2.24, 2.45) is 0 Å². The summed E-state index contributed by atoms with van der Waals surface area (Å²) < 4.78 is 5.24. The highest BCUT2D eigenvalue weighted by Gasteiger charge is 2.24. The summed E-state index contributed by atoms with van der Waals surface area (Å²) in [5.41, 5.74) is 8.77. The molecule has 3 aromatic rings. The molecular weight excluding hydrogens is 304 g/mol. The minimum absolute atomic E-state index is 0.0686. The third-order valence-electron chi connectivity index (χ3n) is 4.19. The largest absolute Gasteiger partial charge is 0.461 e. The average molecular weight is 320 g/mol. The third kappa shape index (κ3) is 2.62. The standard InChI is InChI=1S/C18H16N4O2/c19-16-14(10-20-17(22-16)15-6-3-7-24-15)18(23)21-13-8-11-4-1-2-5-12(11)9-13/h1-7,10,13H,8-9H2,(H,21,23)(H2,19,20,22). The van der Waals surface area contributed by atoms with Crippen LogP contribution in [-0.2, 0) is 12.8 Å². The molecule has 2 heterocycles. The summed E-state index contributed by atoms with van der Waals surface area (Å²) in [6.45, 7) is 0. The van der Waals surface area contributed by atoms with Crippen molar-refractivity contribution < 1.29 is 9.21 Å². The number of hydrogen-bond acceptors (Lipinski definition) is 5. The van der Waals surface area contributed by atoms with Crippen molar-refractivity contribution in [3.63, 3.8) is 0 Å². The van der Waals surface area contributed by atoms with E-state index in [1.807, 2.05) is 12.1 Å². The topological polar surface area (TPSA) is 94.0 Å². The van der Waals surface area contributed by atoms with Gasteiger partial charge in [-0.05, 0) is 36.1 Å². The number of amides is 1. The lowest BCUT2D eigenvalue weighted by atomic mass is 10.1. The monoisotopic (exact) mass is 320 g/mol. The van der Waals surface area contributed by atoms with Crippen LogP contribution >= 0.6 is 0 Å². The van der Waals surface area contributed by atoms with E-state index in [9.17, 15) is 4.79 Å². The van der Waals surface area contributed by atoms with Crippen LogP contribution in [0.5, 0.6) is 0 Å². The van der Waals surface area contributed by atoms with Gasteiger partial charge in [0.15, 0.2) is 11.6 Å². The number of nitrogens with two attached hydrogens (primary N) is 1. The van der Waals surface area contributed by atoms with Gasteiger partial charge < -0.3 is 15.5 Å². The number of nitrogen functional groups attached to an aromatic ring is 1. The molecule has 2 aromatic heterocycles. The number of nitrogens with one attached hydrogen (secondary N) is 1. The zero-order valence-electron chi connectivity index (χ0n) is 12.9. The van der Waals surface area contributed by atoms with Gasteiger partial charge in [0.05, 0.1) is 11.8 Å². The van der Waals surface area contributed by atoms with Crippen LogP contribution in [-0.4, -0.2) is 21.9 Å². The van der Waals surface area contributed by atoms with E-state index in [0.717, 1.165) is 12.8 Å². The average Bonchev–Trinajstić information content (AvgIpc) is 3.23. The molecule has 0 saturated carbocycles. The van der Waals surface area contributed by atoms with Gasteiger partial charge in [0.2, 0.25) is 0 Å². The fourth-order valence-electron chi connectivity index (χ4n) is 3.02. The van der Waals surface area contributed by atoms with Gasteiger partial charge in [-0.2, -0.15) is 0 Å². The van der Waals surface area contributed by atoms with Gasteiger partial charge in [0.25, 0.3) is 5.91 Å². The van der Waals surface area contributed by atoms with Crippen LogP contribution in [0.4, 0.5) is 5.82 Å². The molecule has 3 N–H and O–H groups in total. The molecule has 24 heavy (non-hydrogen) atoms. The second-order valence-electron chi connectivity index (χ2n) is 5.82. The van der Waals surface area contributed by atoms with E-state index in [0.29, 0.717) is 11.6 Å². The molecule has 4 rings (SSSR count). The Morgan fingerprint density at radius 2 is 1.92 bits per heavy atom. The maximum Gasteiger partial charge on any atom is 0.256 e. The summed E-state index contributed by atoms with van der Waals surface area (Å²) in [6, 6.07) is 11.8. The normalized spacial score (nSPS) is 13.7. The summed E-state index contributed by atoms with van der Waals surface area (Å²) in [5.74, 6) is 0.767. The Bertz CT molecular complexity index is 865. The van der Waals surface area contributed by atoms with Gasteiger partial charge in [-0.1, -0.05) is 24.3 Å². The Balaban J connectivity index is 1.49. The molecule has 6 heteroatoms. The van der Waals surface area contributed by atoms with Crippen LogP contribution in [0.2, 0.25) is 0 Å². The van der Waals surface area contributed by atoms with E-state index >= 15 is 0 Å². The molecule has 0 aliphatic heterocycles. The van der Waals surface area contributed by atoms with E-state index in [4.69, 9.17) is 10.2 Å². The Hall–Kier alpha value is -3.15. The number of hydrogen-bond donors (Lipinski definition) is 2. The van der Waals surface area contributed by atoms with Crippen molar-refractivity contribution in [3.8, 4) is 11.6 Å². The molecule has 1 aliphatic rings. The minimum Gasteiger partial charge on any atom is -0.461 e. The summed E-state index contributed by atoms with van der Waals surface area (Å²) in [7, 11) is 0. The molecule has 0 spiro atoms. The molecule has 1 amide bonds. The summed E-state index contributed by atoms with van der Waals surface area (Å²) in [6.07, 6.45) is 4.63. The number of benzene rings is 1. The summed E-state index contributed by atoms with van der Waals surface area (Å²) in [4.78, 5) is 20.8. The van der Waals surface area contributed by atoms with Crippen LogP contribution in [0.3, 0.4) is 0 Å². The first-order valence-corrected chi connectivity index (χ1v) is 7.75. The van der Waals surface area contributed by atoms with E-state index < -0.39 is 0 Å². The van der Waals surface area contributed by atoms with Crippen molar-refractivity contribution >= 4 is 11.7 Å². The summed E-state index contributed by atoms with van der Waals surface area (Å²) >= 11 is 0. The zero-order valence-corrected chi connectivity index (χ0v) is 12.9. The van der Waals surface area contributed by atoms with Crippen molar-refractivity contribution in [1.82, 2.24) is 15.3 Å². The Kier molecular flexibility index (Phi) is 3.49. The molecule has 0 radical (unpaired) electrons. The van der Waals surface area contributed by atoms with Crippen LogP contribution in [0, 0.1) is 0 Å². The quantitative estimate of drug-likeness (QED) is 0.771.